The fraction of sp³-hybridized carbons (Fsp3) is 0.562. The molecule has 0 atom stereocenters. The fourth-order valence-corrected chi connectivity index (χ4v) is 7.34. The maximum atomic E-state index is 11.9. The molecule has 0 aliphatic carbocycles. The summed E-state index contributed by atoms with van der Waals surface area (Å²) in [5, 5.41) is 8.87. The Hall–Kier alpha value is -0.993. The minimum absolute atomic E-state index is 0.161. The highest BCUT2D eigenvalue weighted by atomic mass is 32.4. The SMILES string of the molecule is COc1ccc(CS(=O)(=O)CC(=O)O)cc1S[Si](C)(C)C(C)(C)C. The van der Waals surface area contributed by atoms with Gasteiger partial charge in [0.2, 0.25) is 0 Å². The highest BCUT2D eigenvalue weighted by molar-refractivity contribution is 8.29. The van der Waals surface area contributed by atoms with E-state index in [1.807, 2.05) is 6.07 Å². The maximum absolute atomic E-state index is 11.9. The lowest BCUT2D eigenvalue weighted by molar-refractivity contribution is -0.134. The zero-order chi connectivity index (χ0) is 18.8. The highest BCUT2D eigenvalue weighted by Gasteiger charge is 2.37. The largest absolute Gasteiger partial charge is 0.496 e. The summed E-state index contributed by atoms with van der Waals surface area (Å²) in [6.07, 6.45) is 0. The second-order valence-electron chi connectivity index (χ2n) is 7.27. The molecule has 8 heteroatoms. The topological polar surface area (TPSA) is 80.7 Å². The molecule has 0 spiro atoms. The summed E-state index contributed by atoms with van der Waals surface area (Å²) in [5.41, 5.74) is 0.582. The monoisotopic (exact) mass is 390 g/mol. The molecule has 0 aliphatic heterocycles. The van der Waals surface area contributed by atoms with Gasteiger partial charge >= 0.3 is 5.97 Å². The first-order valence-corrected chi connectivity index (χ1v) is 13.9. The second-order valence-corrected chi connectivity index (χ2v) is 18.2. The standard InChI is InChI=1S/C16H26O5S2Si/c1-16(2,3)24(5,6)22-14-9-12(7-8-13(14)21-4)10-23(19,20)11-15(17)18/h7-9H,10-11H2,1-6H3,(H,17,18). The zero-order valence-corrected chi connectivity index (χ0v) is 17.7. The number of carbonyl (C=O) groups is 1. The molecule has 0 amide bonds. The Balaban J connectivity index is 3.16. The van der Waals surface area contributed by atoms with Gasteiger partial charge in [-0.1, -0.05) is 39.9 Å². The van der Waals surface area contributed by atoms with E-state index >= 15 is 0 Å². The molecule has 1 aromatic rings. The average molecular weight is 391 g/mol. The Morgan fingerprint density at radius 2 is 1.88 bits per heavy atom. The Morgan fingerprint density at radius 3 is 2.33 bits per heavy atom. The van der Waals surface area contributed by atoms with Gasteiger partial charge in [-0.25, -0.2) is 8.42 Å². The van der Waals surface area contributed by atoms with E-state index in [4.69, 9.17) is 9.84 Å². The normalized spacial score (nSPS) is 12.9. The van der Waals surface area contributed by atoms with Crippen molar-refractivity contribution in [2.45, 2.75) is 49.6 Å². The van der Waals surface area contributed by atoms with Gasteiger partial charge in [0.1, 0.15) is 18.7 Å². The Morgan fingerprint density at radius 1 is 1.29 bits per heavy atom. The number of benzene rings is 1. The van der Waals surface area contributed by atoms with Gasteiger partial charge in [0, 0.05) is 4.90 Å². The van der Waals surface area contributed by atoms with Crippen molar-refractivity contribution in [1.29, 1.82) is 0 Å². The van der Waals surface area contributed by atoms with E-state index in [9.17, 15) is 13.2 Å². The van der Waals surface area contributed by atoms with Gasteiger partial charge in [-0.2, -0.15) is 0 Å². The Kier molecular flexibility index (Phi) is 6.57. The third-order valence-electron chi connectivity index (χ3n) is 4.13. The number of ether oxygens (including phenoxy) is 1. The molecule has 0 unspecified atom stereocenters. The van der Waals surface area contributed by atoms with Crippen LogP contribution in [0.25, 0.3) is 0 Å². The third kappa shape index (κ3) is 5.82. The number of hydrogen-bond acceptors (Lipinski definition) is 5. The van der Waals surface area contributed by atoms with Crippen molar-refractivity contribution in [3.63, 3.8) is 0 Å². The lowest BCUT2D eigenvalue weighted by Crippen LogP contribution is -2.33. The minimum Gasteiger partial charge on any atom is -0.496 e. The van der Waals surface area contributed by atoms with Gasteiger partial charge in [0.25, 0.3) is 0 Å². The van der Waals surface area contributed by atoms with E-state index < -0.39 is 28.8 Å². The van der Waals surface area contributed by atoms with Crippen LogP contribution in [0.3, 0.4) is 0 Å². The van der Waals surface area contributed by atoms with Crippen LogP contribution in [-0.4, -0.2) is 39.6 Å². The van der Waals surface area contributed by atoms with Crippen LogP contribution in [0, 0.1) is 0 Å². The van der Waals surface area contributed by atoms with E-state index in [0.29, 0.717) is 11.3 Å². The third-order valence-corrected chi connectivity index (χ3v) is 14.3. The molecular formula is C16H26O5S2Si. The molecule has 1 aromatic carbocycles. The zero-order valence-electron chi connectivity index (χ0n) is 15.0. The van der Waals surface area contributed by atoms with E-state index in [0.717, 1.165) is 4.90 Å². The summed E-state index contributed by atoms with van der Waals surface area (Å²) >= 11 is 1.76. The molecule has 136 valence electrons. The molecule has 0 radical (unpaired) electrons. The highest BCUT2D eigenvalue weighted by Crippen LogP contribution is 2.48. The average Bonchev–Trinajstić information content (AvgIpc) is 2.34. The summed E-state index contributed by atoms with van der Waals surface area (Å²) < 4.78 is 29.2. The smallest absolute Gasteiger partial charge is 0.318 e. The number of rotatable bonds is 7. The molecule has 1 N–H and O–H groups in total. The lowest BCUT2D eigenvalue weighted by atomic mass is 10.2. The fourth-order valence-electron chi connectivity index (χ4n) is 1.81. The van der Waals surface area contributed by atoms with Gasteiger partial charge in [0.05, 0.1) is 12.9 Å². The predicted octanol–water partition coefficient (Wildman–Crippen LogP) is 3.79. The van der Waals surface area contributed by atoms with Crippen molar-refractivity contribution in [2.24, 2.45) is 0 Å². The van der Waals surface area contributed by atoms with Crippen LogP contribution in [0.2, 0.25) is 18.1 Å². The van der Waals surface area contributed by atoms with Crippen molar-refractivity contribution >= 4 is 34.2 Å². The van der Waals surface area contributed by atoms with Gasteiger partial charge in [-0.3, -0.25) is 4.79 Å². The van der Waals surface area contributed by atoms with Crippen LogP contribution >= 0.6 is 11.2 Å². The summed E-state index contributed by atoms with van der Waals surface area (Å²) in [5.74, 6) is -1.76. The van der Waals surface area contributed by atoms with Crippen molar-refractivity contribution in [3.8, 4) is 5.75 Å². The molecule has 0 saturated heterocycles. The Labute approximate surface area is 149 Å². The van der Waals surface area contributed by atoms with Crippen molar-refractivity contribution in [1.82, 2.24) is 0 Å². The number of aliphatic carboxylic acids is 1. The summed E-state index contributed by atoms with van der Waals surface area (Å²) in [6, 6.07) is 5.23. The van der Waals surface area contributed by atoms with Crippen molar-refractivity contribution in [3.05, 3.63) is 23.8 Å². The van der Waals surface area contributed by atoms with Crippen LogP contribution in [0.4, 0.5) is 0 Å². The first-order valence-electron chi connectivity index (χ1n) is 7.55. The first-order chi connectivity index (χ1) is 10.8. The van der Waals surface area contributed by atoms with Crippen LogP contribution in [0.1, 0.15) is 26.3 Å². The minimum atomic E-state index is -3.68. The molecule has 1 rings (SSSR count). The van der Waals surface area contributed by atoms with E-state index in [-0.39, 0.29) is 10.8 Å². The molecule has 24 heavy (non-hydrogen) atoms. The van der Waals surface area contributed by atoms with Crippen molar-refractivity contribution in [2.75, 3.05) is 12.9 Å². The van der Waals surface area contributed by atoms with Crippen LogP contribution in [0.5, 0.6) is 5.75 Å². The first kappa shape index (κ1) is 21.1. The van der Waals surface area contributed by atoms with Crippen LogP contribution in [0.15, 0.2) is 23.1 Å². The number of methoxy groups -OCH3 is 1. The molecule has 0 aromatic heterocycles. The van der Waals surface area contributed by atoms with E-state index in [2.05, 4.69) is 33.9 Å². The molecule has 5 nitrogen and oxygen atoms in total. The van der Waals surface area contributed by atoms with Crippen molar-refractivity contribution < 1.29 is 23.1 Å². The molecule has 0 fully saturated rings. The number of carboxylic acids is 1. The predicted molar refractivity (Wildman–Crippen MR) is 101 cm³/mol. The summed E-state index contributed by atoms with van der Waals surface area (Å²) in [6.45, 7) is 11.2. The van der Waals surface area contributed by atoms with E-state index in [1.165, 1.54) is 0 Å². The quantitative estimate of drug-likeness (QED) is 0.713. The van der Waals surface area contributed by atoms with Gasteiger partial charge in [-0.05, 0) is 22.7 Å². The number of sulfone groups is 1. The van der Waals surface area contributed by atoms with E-state index in [1.54, 1.807) is 30.5 Å². The second kappa shape index (κ2) is 7.49. The number of hydrogen-bond donors (Lipinski definition) is 1. The summed E-state index contributed by atoms with van der Waals surface area (Å²) in [4.78, 5) is 11.6. The Bertz CT molecular complexity index is 706. The summed E-state index contributed by atoms with van der Waals surface area (Å²) in [7, 11) is -3.80. The maximum Gasteiger partial charge on any atom is 0.318 e. The molecule has 0 heterocycles. The van der Waals surface area contributed by atoms with Gasteiger partial charge in [0.15, 0.2) is 9.84 Å². The molecular weight excluding hydrogens is 364 g/mol. The van der Waals surface area contributed by atoms with Crippen LogP contribution in [-0.2, 0) is 20.4 Å². The van der Waals surface area contributed by atoms with Gasteiger partial charge in [-0.15, -0.1) is 11.2 Å². The molecule has 0 saturated carbocycles. The number of carboxylic acid groups (broad SMARTS) is 1. The molecule has 0 aliphatic rings. The van der Waals surface area contributed by atoms with Gasteiger partial charge < -0.3 is 9.84 Å². The lowest BCUT2D eigenvalue weighted by Gasteiger charge is -2.36. The van der Waals surface area contributed by atoms with Crippen LogP contribution < -0.4 is 4.74 Å². The molecule has 0 bridgehead atoms.